The van der Waals surface area contributed by atoms with Gasteiger partial charge in [-0.3, -0.25) is 4.98 Å². The summed E-state index contributed by atoms with van der Waals surface area (Å²) < 4.78 is 5.45. The lowest BCUT2D eigenvalue weighted by atomic mass is 10.1. The molecule has 2 N–H and O–H groups in total. The minimum absolute atomic E-state index is 0.359. The minimum atomic E-state index is 0.359. The summed E-state index contributed by atoms with van der Waals surface area (Å²) in [6.07, 6.45) is 4.93. The first-order valence-corrected chi connectivity index (χ1v) is 6.83. The van der Waals surface area contributed by atoms with Gasteiger partial charge in [0.25, 0.3) is 0 Å². The van der Waals surface area contributed by atoms with Crippen LogP contribution < -0.4 is 5.73 Å². The number of nitrogen functional groups attached to an aromatic ring is 1. The third kappa shape index (κ3) is 2.09. The van der Waals surface area contributed by atoms with Crippen LogP contribution in [-0.2, 0) is 0 Å². The summed E-state index contributed by atoms with van der Waals surface area (Å²) in [6.45, 7) is 0. The summed E-state index contributed by atoms with van der Waals surface area (Å²) in [5.74, 6) is 0.999. The van der Waals surface area contributed by atoms with E-state index in [2.05, 4.69) is 15.0 Å². The van der Waals surface area contributed by atoms with Crippen molar-refractivity contribution in [2.75, 3.05) is 5.73 Å². The van der Waals surface area contributed by atoms with Crippen LogP contribution in [0.25, 0.3) is 33.6 Å². The van der Waals surface area contributed by atoms with E-state index in [0.717, 1.165) is 22.2 Å². The lowest BCUT2D eigenvalue weighted by molar-refractivity contribution is 0.580. The molecule has 0 aliphatic heterocycles. The fourth-order valence-corrected chi connectivity index (χ4v) is 2.42. The first kappa shape index (κ1) is 12.5. The Bertz CT molecular complexity index is 948. The van der Waals surface area contributed by atoms with Crippen LogP contribution in [0.4, 0.5) is 5.82 Å². The van der Waals surface area contributed by atoms with Gasteiger partial charge in [0.1, 0.15) is 11.5 Å². The van der Waals surface area contributed by atoms with Crippen LogP contribution >= 0.6 is 0 Å². The Hall–Kier alpha value is -3.21. The van der Waals surface area contributed by atoms with Gasteiger partial charge in [0.15, 0.2) is 5.76 Å². The number of benzene rings is 1. The van der Waals surface area contributed by atoms with Gasteiger partial charge in [-0.05, 0) is 30.3 Å². The average molecular weight is 288 g/mol. The van der Waals surface area contributed by atoms with Gasteiger partial charge in [-0.15, -0.1) is 0 Å². The molecule has 0 aliphatic rings. The van der Waals surface area contributed by atoms with Crippen LogP contribution in [0.15, 0.2) is 65.5 Å². The van der Waals surface area contributed by atoms with Crippen LogP contribution in [-0.4, -0.2) is 15.0 Å². The van der Waals surface area contributed by atoms with E-state index < -0.39 is 0 Å². The van der Waals surface area contributed by atoms with E-state index in [1.165, 1.54) is 0 Å². The molecule has 106 valence electrons. The SMILES string of the molecule is Nc1cnc(-c2ccc3ncccc3c2)c(-c2ccco2)n1. The first-order chi connectivity index (χ1) is 10.8. The second kappa shape index (κ2) is 4.96. The van der Waals surface area contributed by atoms with Crippen LogP contribution in [0, 0.1) is 0 Å². The van der Waals surface area contributed by atoms with Crippen molar-refractivity contribution in [1.82, 2.24) is 15.0 Å². The Morgan fingerprint density at radius 3 is 2.77 bits per heavy atom. The van der Waals surface area contributed by atoms with Gasteiger partial charge in [-0.1, -0.05) is 12.1 Å². The molecule has 0 atom stereocenters. The predicted molar refractivity (Wildman–Crippen MR) is 84.9 cm³/mol. The normalized spacial score (nSPS) is 10.9. The standard InChI is InChI=1S/C17H12N4O/c18-15-10-20-16(17(21-15)14-4-2-8-22-14)12-5-6-13-11(9-12)3-1-7-19-13/h1-10H,(H2,18,21). The van der Waals surface area contributed by atoms with E-state index in [4.69, 9.17) is 10.2 Å². The number of fused-ring (bicyclic) bond motifs is 1. The maximum Gasteiger partial charge on any atom is 0.154 e. The first-order valence-electron chi connectivity index (χ1n) is 6.83. The zero-order valence-corrected chi connectivity index (χ0v) is 11.6. The second-order valence-electron chi connectivity index (χ2n) is 4.88. The van der Waals surface area contributed by atoms with Crippen LogP contribution in [0.2, 0.25) is 0 Å². The molecule has 0 bridgehead atoms. The molecule has 0 fully saturated rings. The molecule has 0 unspecified atom stereocenters. The molecule has 4 rings (SSSR count). The third-order valence-electron chi connectivity index (χ3n) is 3.42. The van der Waals surface area contributed by atoms with Crippen molar-refractivity contribution in [3.63, 3.8) is 0 Å². The molecule has 3 aromatic heterocycles. The molecule has 0 saturated heterocycles. The van der Waals surface area contributed by atoms with Gasteiger partial charge in [-0.25, -0.2) is 9.97 Å². The number of nitrogens with two attached hydrogens (primary N) is 1. The number of nitrogens with zero attached hydrogens (tertiary/aromatic N) is 3. The molecule has 3 heterocycles. The van der Waals surface area contributed by atoms with Crippen molar-refractivity contribution in [3.8, 4) is 22.7 Å². The topological polar surface area (TPSA) is 77.8 Å². The third-order valence-corrected chi connectivity index (χ3v) is 3.42. The lowest BCUT2D eigenvalue weighted by Gasteiger charge is -2.08. The molecule has 5 nitrogen and oxygen atoms in total. The zero-order valence-electron chi connectivity index (χ0n) is 11.6. The monoisotopic (exact) mass is 288 g/mol. The minimum Gasteiger partial charge on any atom is -0.463 e. The van der Waals surface area contributed by atoms with Crippen LogP contribution in [0.3, 0.4) is 0 Å². The molecule has 0 radical (unpaired) electrons. The van der Waals surface area contributed by atoms with Gasteiger partial charge in [0, 0.05) is 17.1 Å². The fraction of sp³-hybridized carbons (Fsp3) is 0. The lowest BCUT2D eigenvalue weighted by Crippen LogP contribution is -1.97. The second-order valence-corrected chi connectivity index (χ2v) is 4.88. The average Bonchev–Trinajstić information content (AvgIpc) is 3.09. The maximum absolute atomic E-state index is 5.78. The van der Waals surface area contributed by atoms with Crippen molar-refractivity contribution in [2.24, 2.45) is 0 Å². The van der Waals surface area contributed by atoms with Crippen molar-refractivity contribution in [1.29, 1.82) is 0 Å². The highest BCUT2D eigenvalue weighted by molar-refractivity contribution is 5.86. The van der Waals surface area contributed by atoms with E-state index in [0.29, 0.717) is 17.3 Å². The fourth-order valence-electron chi connectivity index (χ4n) is 2.42. The number of rotatable bonds is 2. The quantitative estimate of drug-likeness (QED) is 0.610. The Balaban J connectivity index is 1.94. The number of hydrogen-bond donors (Lipinski definition) is 1. The van der Waals surface area contributed by atoms with Gasteiger partial charge >= 0.3 is 0 Å². The molecule has 0 aliphatic carbocycles. The molecular formula is C17H12N4O. The van der Waals surface area contributed by atoms with Crippen LogP contribution in [0.1, 0.15) is 0 Å². The molecule has 0 saturated carbocycles. The number of hydrogen-bond acceptors (Lipinski definition) is 5. The Morgan fingerprint density at radius 1 is 0.955 bits per heavy atom. The number of pyridine rings is 1. The van der Waals surface area contributed by atoms with E-state index in [9.17, 15) is 0 Å². The smallest absolute Gasteiger partial charge is 0.154 e. The summed E-state index contributed by atoms with van der Waals surface area (Å²) >= 11 is 0. The summed E-state index contributed by atoms with van der Waals surface area (Å²) in [4.78, 5) is 13.1. The Morgan fingerprint density at radius 2 is 1.91 bits per heavy atom. The summed E-state index contributed by atoms with van der Waals surface area (Å²) in [6, 6.07) is 13.6. The van der Waals surface area contributed by atoms with Crippen molar-refractivity contribution in [2.45, 2.75) is 0 Å². The summed E-state index contributed by atoms with van der Waals surface area (Å²) in [7, 11) is 0. The predicted octanol–water partition coefficient (Wildman–Crippen LogP) is 3.53. The van der Waals surface area contributed by atoms with Gasteiger partial charge in [-0.2, -0.15) is 0 Å². The van der Waals surface area contributed by atoms with E-state index in [1.54, 1.807) is 18.7 Å². The molecule has 5 heteroatoms. The highest BCUT2D eigenvalue weighted by atomic mass is 16.3. The molecule has 0 amide bonds. The van der Waals surface area contributed by atoms with Crippen molar-refractivity contribution < 1.29 is 4.42 Å². The summed E-state index contributed by atoms with van der Waals surface area (Å²) in [5.41, 5.74) is 9.02. The number of furan rings is 1. The molecule has 1 aromatic carbocycles. The number of anilines is 1. The molecule has 4 aromatic rings. The zero-order chi connectivity index (χ0) is 14.9. The highest BCUT2D eigenvalue weighted by Gasteiger charge is 2.14. The maximum atomic E-state index is 5.78. The van der Waals surface area contributed by atoms with Crippen LogP contribution in [0.5, 0.6) is 0 Å². The Labute approximate surface area is 126 Å². The van der Waals surface area contributed by atoms with Gasteiger partial charge in [0.05, 0.1) is 23.7 Å². The van der Waals surface area contributed by atoms with Crippen molar-refractivity contribution in [3.05, 3.63) is 61.1 Å². The van der Waals surface area contributed by atoms with E-state index in [-0.39, 0.29) is 0 Å². The highest BCUT2D eigenvalue weighted by Crippen LogP contribution is 2.31. The number of aromatic nitrogens is 3. The van der Waals surface area contributed by atoms with Gasteiger partial charge < -0.3 is 10.2 Å². The van der Waals surface area contributed by atoms with Gasteiger partial charge in [0.2, 0.25) is 0 Å². The van der Waals surface area contributed by atoms with E-state index >= 15 is 0 Å². The molecular weight excluding hydrogens is 276 g/mol. The largest absolute Gasteiger partial charge is 0.463 e. The Kier molecular flexibility index (Phi) is 2.83. The molecule has 0 spiro atoms. The molecule has 22 heavy (non-hydrogen) atoms. The summed E-state index contributed by atoms with van der Waals surface area (Å²) in [5, 5.41) is 1.05. The van der Waals surface area contributed by atoms with Crippen molar-refractivity contribution >= 4 is 16.7 Å². The van der Waals surface area contributed by atoms with E-state index in [1.807, 2.05) is 42.5 Å².